The molecule has 2 aromatic carbocycles. The van der Waals surface area contributed by atoms with E-state index in [-0.39, 0.29) is 18.5 Å². The summed E-state index contributed by atoms with van der Waals surface area (Å²) in [6, 6.07) is 19.3. The van der Waals surface area contributed by atoms with Crippen LogP contribution in [0.4, 0.5) is 8.78 Å². The average Bonchev–Trinajstić information content (AvgIpc) is 2.56. The van der Waals surface area contributed by atoms with Crippen molar-refractivity contribution in [1.29, 1.82) is 0 Å². The third kappa shape index (κ3) is 2.81. The molecule has 0 amide bonds. The summed E-state index contributed by atoms with van der Waals surface area (Å²) in [5, 5.41) is 1.78. The van der Waals surface area contributed by atoms with Gasteiger partial charge in [0, 0.05) is 0 Å². The molecule has 23 heavy (non-hydrogen) atoms. The van der Waals surface area contributed by atoms with Crippen molar-refractivity contribution in [1.82, 2.24) is 0 Å². The van der Waals surface area contributed by atoms with Gasteiger partial charge in [0.1, 0.15) is 0 Å². The van der Waals surface area contributed by atoms with E-state index in [4.69, 9.17) is 0 Å². The summed E-state index contributed by atoms with van der Waals surface area (Å²) in [5.41, 5.74) is -0.120. The van der Waals surface area contributed by atoms with Gasteiger partial charge in [-0.05, 0) is 0 Å². The Balaban J connectivity index is 2.12. The van der Waals surface area contributed by atoms with Crippen molar-refractivity contribution in [2.75, 3.05) is 6.66 Å². The van der Waals surface area contributed by atoms with Crippen LogP contribution in [0.5, 0.6) is 0 Å². The average molecular weight is 336 g/mol. The van der Waals surface area contributed by atoms with Crippen molar-refractivity contribution in [3.8, 4) is 0 Å². The minimum absolute atomic E-state index is 0.120. The summed E-state index contributed by atoms with van der Waals surface area (Å²) in [7, 11) is 0. The molecule has 0 atom stereocenters. The van der Waals surface area contributed by atoms with Gasteiger partial charge in [-0.25, -0.2) is 0 Å². The standard InChI is InChI=1S/C19H23F2OP/c1-23(22,16-8-4-2-5-9-16,17-10-6-3-7-11-17)18-12-14-19(20,21)15-13-18/h2-11,18,22H,12-15H2,1H3. The normalized spacial score (nSPS) is 20.6. The predicted octanol–water partition coefficient (Wildman–Crippen LogP) is 4.31. The zero-order chi connectivity index (χ0) is 16.6. The van der Waals surface area contributed by atoms with E-state index in [1.54, 1.807) is 0 Å². The van der Waals surface area contributed by atoms with Crippen molar-refractivity contribution in [3.63, 3.8) is 0 Å². The summed E-state index contributed by atoms with van der Waals surface area (Å²) in [5.74, 6) is -2.59. The second-order valence-corrected chi connectivity index (χ2v) is 11.8. The van der Waals surface area contributed by atoms with Crippen LogP contribution in [-0.4, -0.2) is 23.1 Å². The summed E-state index contributed by atoms with van der Waals surface area (Å²) < 4.78 is 27.3. The fraction of sp³-hybridized carbons (Fsp3) is 0.368. The molecule has 1 nitrogen and oxygen atoms in total. The van der Waals surface area contributed by atoms with E-state index in [1.165, 1.54) is 0 Å². The van der Waals surface area contributed by atoms with Crippen molar-refractivity contribution < 1.29 is 13.7 Å². The van der Waals surface area contributed by atoms with Gasteiger partial charge in [-0.3, -0.25) is 0 Å². The molecule has 2 aromatic rings. The van der Waals surface area contributed by atoms with Crippen molar-refractivity contribution in [3.05, 3.63) is 60.7 Å². The number of benzene rings is 2. The van der Waals surface area contributed by atoms with Crippen LogP contribution in [0, 0.1) is 0 Å². The molecular weight excluding hydrogens is 313 g/mol. The molecule has 0 unspecified atom stereocenters. The van der Waals surface area contributed by atoms with Crippen molar-refractivity contribution in [2.24, 2.45) is 0 Å². The van der Waals surface area contributed by atoms with E-state index in [2.05, 4.69) is 0 Å². The molecule has 0 radical (unpaired) electrons. The number of hydrogen-bond donors (Lipinski definition) is 1. The van der Waals surface area contributed by atoms with Gasteiger partial charge in [0.2, 0.25) is 0 Å². The van der Waals surface area contributed by atoms with Gasteiger partial charge in [-0.1, -0.05) is 0 Å². The Bertz CT molecular complexity index is 617. The van der Waals surface area contributed by atoms with E-state index in [9.17, 15) is 13.7 Å². The second-order valence-electron chi connectivity index (χ2n) is 6.85. The Morgan fingerprint density at radius 3 is 1.65 bits per heavy atom. The molecule has 0 aromatic heterocycles. The maximum atomic E-state index is 13.6. The number of alkyl halides is 2. The van der Waals surface area contributed by atoms with E-state index in [1.807, 2.05) is 67.3 Å². The van der Waals surface area contributed by atoms with Gasteiger partial charge in [-0.15, -0.1) is 0 Å². The first kappa shape index (κ1) is 16.5. The first-order valence-corrected chi connectivity index (χ1v) is 10.8. The Labute approximate surface area is 136 Å². The fourth-order valence-electron chi connectivity index (χ4n) is 3.84. The molecule has 1 aliphatic rings. The number of rotatable bonds is 3. The molecule has 0 bridgehead atoms. The summed E-state index contributed by atoms with van der Waals surface area (Å²) in [4.78, 5) is 12.1. The van der Waals surface area contributed by atoms with Gasteiger partial charge < -0.3 is 0 Å². The molecule has 4 heteroatoms. The van der Waals surface area contributed by atoms with Crippen LogP contribution >= 0.6 is 6.83 Å². The Morgan fingerprint density at radius 1 is 0.870 bits per heavy atom. The third-order valence-electron chi connectivity index (χ3n) is 5.40. The van der Waals surface area contributed by atoms with Crippen LogP contribution in [0.2, 0.25) is 0 Å². The van der Waals surface area contributed by atoms with E-state index >= 15 is 0 Å². The zero-order valence-corrected chi connectivity index (χ0v) is 14.2. The molecule has 0 spiro atoms. The van der Waals surface area contributed by atoms with Crippen molar-refractivity contribution in [2.45, 2.75) is 37.3 Å². The van der Waals surface area contributed by atoms with Crippen LogP contribution in [0.3, 0.4) is 0 Å². The van der Waals surface area contributed by atoms with E-state index in [0.717, 1.165) is 10.6 Å². The molecule has 0 aliphatic heterocycles. The SMILES string of the molecule is CP(O)(c1ccccc1)(c1ccccc1)C1CCC(F)(F)CC1. The molecular formula is C19H23F2OP. The van der Waals surface area contributed by atoms with Gasteiger partial charge in [0.05, 0.1) is 0 Å². The van der Waals surface area contributed by atoms with E-state index < -0.39 is 12.8 Å². The molecule has 1 fully saturated rings. The van der Waals surface area contributed by atoms with Crippen LogP contribution in [0.25, 0.3) is 0 Å². The molecule has 1 N–H and O–H groups in total. The van der Waals surface area contributed by atoms with Crippen LogP contribution in [0.1, 0.15) is 25.7 Å². The molecule has 124 valence electrons. The minimum atomic E-state index is -3.50. The Hall–Kier alpha value is -1.31. The van der Waals surface area contributed by atoms with Crippen molar-refractivity contribution >= 4 is 17.4 Å². The molecule has 0 saturated heterocycles. The van der Waals surface area contributed by atoms with Gasteiger partial charge >= 0.3 is 136 Å². The van der Waals surface area contributed by atoms with Gasteiger partial charge in [-0.2, -0.15) is 0 Å². The number of hydrogen-bond acceptors (Lipinski definition) is 1. The number of halogens is 2. The molecule has 0 heterocycles. The third-order valence-corrected chi connectivity index (χ3v) is 10.9. The summed E-state index contributed by atoms with van der Waals surface area (Å²) >= 11 is 0. The summed E-state index contributed by atoms with van der Waals surface area (Å²) in [6.45, 7) is -1.58. The Morgan fingerprint density at radius 2 is 1.26 bits per heavy atom. The summed E-state index contributed by atoms with van der Waals surface area (Å²) in [6.07, 6.45) is 0.455. The molecule has 1 aliphatic carbocycles. The Kier molecular flexibility index (Phi) is 4.06. The van der Waals surface area contributed by atoms with Gasteiger partial charge in [0.25, 0.3) is 0 Å². The van der Waals surface area contributed by atoms with Crippen LogP contribution in [0.15, 0.2) is 60.7 Å². The monoisotopic (exact) mass is 336 g/mol. The second kappa shape index (κ2) is 5.65. The first-order chi connectivity index (χ1) is 10.8. The molecule has 3 rings (SSSR count). The first-order valence-electron chi connectivity index (χ1n) is 8.08. The predicted molar refractivity (Wildman–Crippen MR) is 94.4 cm³/mol. The topological polar surface area (TPSA) is 20.2 Å². The maximum absolute atomic E-state index is 13.6. The quantitative estimate of drug-likeness (QED) is 0.829. The molecule has 1 saturated carbocycles. The van der Waals surface area contributed by atoms with Crippen LogP contribution in [-0.2, 0) is 0 Å². The fourth-order valence-corrected chi connectivity index (χ4v) is 8.35. The van der Waals surface area contributed by atoms with Crippen LogP contribution < -0.4 is 10.6 Å². The van der Waals surface area contributed by atoms with Gasteiger partial charge in [0.15, 0.2) is 0 Å². The zero-order valence-electron chi connectivity index (χ0n) is 13.3. The van der Waals surface area contributed by atoms with E-state index in [0.29, 0.717) is 12.8 Å².